The maximum atomic E-state index is 10.3. The molecule has 0 saturated carbocycles. The third-order valence-corrected chi connectivity index (χ3v) is 3.69. The fourth-order valence-corrected chi connectivity index (χ4v) is 2.74. The van der Waals surface area contributed by atoms with Crippen molar-refractivity contribution in [2.45, 2.75) is 6.29 Å². The first kappa shape index (κ1) is 11.4. The molecule has 1 aliphatic rings. The van der Waals surface area contributed by atoms with Gasteiger partial charge in [0.1, 0.15) is 11.5 Å². The number of H-pyrrole nitrogens is 1. The molecule has 1 aliphatic heterocycles. The van der Waals surface area contributed by atoms with Crippen molar-refractivity contribution in [3.8, 4) is 22.8 Å². The summed E-state index contributed by atoms with van der Waals surface area (Å²) in [5.41, 5.74) is 3.58. The fraction of sp³-hybridized carbons (Fsp3) is 0.125. The summed E-state index contributed by atoms with van der Waals surface area (Å²) in [5.74, 6) is 1.44. The Morgan fingerprint density at radius 2 is 2.05 bits per heavy atom. The van der Waals surface area contributed by atoms with E-state index >= 15 is 0 Å². The van der Waals surface area contributed by atoms with Gasteiger partial charge in [0.15, 0.2) is 0 Å². The Morgan fingerprint density at radius 3 is 2.90 bits per heavy atom. The van der Waals surface area contributed by atoms with Crippen molar-refractivity contribution in [2.24, 2.45) is 0 Å². The van der Waals surface area contributed by atoms with Gasteiger partial charge in [-0.05, 0) is 30.3 Å². The van der Waals surface area contributed by atoms with Crippen LogP contribution >= 0.6 is 0 Å². The summed E-state index contributed by atoms with van der Waals surface area (Å²) in [6.45, 7) is 0. The molecule has 1 unspecified atom stereocenters. The summed E-state index contributed by atoms with van der Waals surface area (Å²) in [5, 5.41) is 11.2. The zero-order chi connectivity index (χ0) is 13.7. The van der Waals surface area contributed by atoms with Crippen molar-refractivity contribution in [3.63, 3.8) is 0 Å². The number of methoxy groups -OCH3 is 1. The van der Waals surface area contributed by atoms with Crippen molar-refractivity contribution >= 4 is 10.9 Å². The molecule has 2 aromatic carbocycles. The first-order chi connectivity index (χ1) is 9.78. The molecule has 0 amide bonds. The monoisotopic (exact) mass is 267 g/mol. The van der Waals surface area contributed by atoms with E-state index in [1.807, 2.05) is 42.5 Å². The van der Waals surface area contributed by atoms with Gasteiger partial charge in [-0.1, -0.05) is 12.1 Å². The van der Waals surface area contributed by atoms with Gasteiger partial charge < -0.3 is 19.6 Å². The summed E-state index contributed by atoms with van der Waals surface area (Å²) in [6.07, 6.45) is -0.972. The Labute approximate surface area is 115 Å². The van der Waals surface area contributed by atoms with Crippen molar-refractivity contribution < 1.29 is 14.6 Å². The highest BCUT2D eigenvalue weighted by Gasteiger charge is 2.28. The summed E-state index contributed by atoms with van der Waals surface area (Å²) < 4.78 is 10.8. The number of rotatable bonds is 1. The molecule has 2 heterocycles. The van der Waals surface area contributed by atoms with Gasteiger partial charge >= 0.3 is 0 Å². The number of ether oxygens (including phenoxy) is 2. The van der Waals surface area contributed by atoms with E-state index in [-0.39, 0.29) is 0 Å². The molecule has 3 aromatic rings. The molecular weight excluding hydrogens is 254 g/mol. The lowest BCUT2D eigenvalue weighted by molar-refractivity contribution is -0.0201. The average molecular weight is 267 g/mol. The molecule has 0 radical (unpaired) electrons. The van der Waals surface area contributed by atoms with Gasteiger partial charge in [0.25, 0.3) is 0 Å². The number of nitrogens with one attached hydrogen (secondary N) is 1. The average Bonchev–Trinajstić information content (AvgIpc) is 2.86. The van der Waals surface area contributed by atoms with E-state index in [9.17, 15) is 5.11 Å². The van der Waals surface area contributed by atoms with Gasteiger partial charge in [0.05, 0.1) is 18.4 Å². The maximum Gasteiger partial charge on any atom is 0.227 e. The van der Waals surface area contributed by atoms with E-state index in [0.717, 1.165) is 33.5 Å². The largest absolute Gasteiger partial charge is 0.497 e. The maximum absolute atomic E-state index is 10.3. The predicted molar refractivity (Wildman–Crippen MR) is 75.9 cm³/mol. The molecule has 2 N–H and O–H groups in total. The molecule has 1 atom stereocenters. The molecule has 20 heavy (non-hydrogen) atoms. The third-order valence-electron chi connectivity index (χ3n) is 3.69. The van der Waals surface area contributed by atoms with Crippen LogP contribution in [0, 0.1) is 0 Å². The minimum absolute atomic E-state index is 0.686. The summed E-state index contributed by atoms with van der Waals surface area (Å²) in [4.78, 5) is 3.36. The van der Waals surface area contributed by atoms with Crippen LogP contribution in [0.25, 0.3) is 22.2 Å². The van der Waals surface area contributed by atoms with E-state index in [4.69, 9.17) is 9.47 Å². The highest BCUT2D eigenvalue weighted by molar-refractivity contribution is 5.93. The van der Waals surface area contributed by atoms with Crippen molar-refractivity contribution in [1.29, 1.82) is 0 Å². The number of aliphatic hydroxyl groups excluding tert-OH is 1. The lowest BCUT2D eigenvalue weighted by atomic mass is 10.0. The molecule has 0 saturated heterocycles. The number of aromatic amines is 1. The fourth-order valence-electron chi connectivity index (χ4n) is 2.74. The second kappa shape index (κ2) is 4.02. The number of hydrogen-bond acceptors (Lipinski definition) is 3. The van der Waals surface area contributed by atoms with Gasteiger partial charge in [-0.2, -0.15) is 0 Å². The van der Waals surface area contributed by atoms with Gasteiger partial charge in [-0.15, -0.1) is 0 Å². The van der Waals surface area contributed by atoms with Gasteiger partial charge in [0.2, 0.25) is 6.29 Å². The zero-order valence-electron chi connectivity index (χ0n) is 10.9. The first-order valence-electron chi connectivity index (χ1n) is 6.41. The van der Waals surface area contributed by atoms with Crippen molar-refractivity contribution in [1.82, 2.24) is 4.98 Å². The number of para-hydroxylation sites is 1. The molecule has 0 aliphatic carbocycles. The number of hydrogen-bond donors (Lipinski definition) is 2. The number of aromatic nitrogens is 1. The predicted octanol–water partition coefficient (Wildman–Crippen LogP) is 3.23. The summed E-state index contributed by atoms with van der Waals surface area (Å²) >= 11 is 0. The summed E-state index contributed by atoms with van der Waals surface area (Å²) in [7, 11) is 1.63. The first-order valence-corrected chi connectivity index (χ1v) is 6.41. The normalized spacial score (nSPS) is 16.4. The van der Waals surface area contributed by atoms with Crippen LogP contribution in [0.15, 0.2) is 42.5 Å². The lowest BCUT2D eigenvalue weighted by Crippen LogP contribution is -2.12. The zero-order valence-corrected chi connectivity index (χ0v) is 10.9. The Hall–Kier alpha value is -2.46. The Kier molecular flexibility index (Phi) is 2.28. The molecular formula is C16H13NO3. The smallest absolute Gasteiger partial charge is 0.227 e. The van der Waals surface area contributed by atoms with Crippen LogP contribution in [0.2, 0.25) is 0 Å². The SMILES string of the molecule is COc1ccc2[nH]c3c(c2c1)C(O)Oc1ccccc1-3. The number of benzene rings is 2. The molecule has 1 aromatic heterocycles. The lowest BCUT2D eigenvalue weighted by Gasteiger charge is -2.22. The van der Waals surface area contributed by atoms with E-state index in [0.29, 0.717) is 5.75 Å². The minimum Gasteiger partial charge on any atom is -0.497 e. The van der Waals surface area contributed by atoms with Crippen LogP contribution in [-0.4, -0.2) is 17.2 Å². The van der Waals surface area contributed by atoms with Crippen molar-refractivity contribution in [2.75, 3.05) is 7.11 Å². The highest BCUT2D eigenvalue weighted by atomic mass is 16.6. The van der Waals surface area contributed by atoms with Crippen LogP contribution in [0.4, 0.5) is 0 Å². The second-order valence-corrected chi connectivity index (χ2v) is 4.79. The van der Waals surface area contributed by atoms with Gasteiger partial charge in [0, 0.05) is 16.5 Å². The third kappa shape index (κ3) is 1.45. The van der Waals surface area contributed by atoms with Crippen LogP contribution in [-0.2, 0) is 0 Å². The van der Waals surface area contributed by atoms with Crippen LogP contribution in [0.5, 0.6) is 11.5 Å². The van der Waals surface area contributed by atoms with E-state index in [1.165, 1.54) is 0 Å². The Bertz CT molecular complexity index is 807. The van der Waals surface area contributed by atoms with Crippen molar-refractivity contribution in [3.05, 3.63) is 48.0 Å². The van der Waals surface area contributed by atoms with Gasteiger partial charge in [-0.25, -0.2) is 0 Å². The number of aliphatic hydroxyl groups is 1. The molecule has 100 valence electrons. The Morgan fingerprint density at radius 1 is 1.20 bits per heavy atom. The standard InChI is InChI=1S/C16H13NO3/c1-19-9-6-7-12-11(8-9)14-15(17-12)10-4-2-3-5-13(10)20-16(14)18/h2-8,16-18H,1H3. The van der Waals surface area contributed by atoms with E-state index in [2.05, 4.69) is 4.98 Å². The molecule has 0 fully saturated rings. The van der Waals surface area contributed by atoms with Crippen LogP contribution in [0.1, 0.15) is 11.9 Å². The molecule has 0 spiro atoms. The van der Waals surface area contributed by atoms with Crippen LogP contribution in [0.3, 0.4) is 0 Å². The topological polar surface area (TPSA) is 54.5 Å². The number of fused-ring (bicyclic) bond motifs is 5. The summed E-state index contributed by atoms with van der Waals surface area (Å²) in [6, 6.07) is 13.4. The Balaban J connectivity index is 2.06. The highest BCUT2D eigenvalue weighted by Crippen LogP contribution is 2.44. The quantitative estimate of drug-likeness (QED) is 0.711. The molecule has 0 bridgehead atoms. The van der Waals surface area contributed by atoms with E-state index < -0.39 is 6.29 Å². The molecule has 4 heteroatoms. The second-order valence-electron chi connectivity index (χ2n) is 4.79. The van der Waals surface area contributed by atoms with Crippen LogP contribution < -0.4 is 9.47 Å². The van der Waals surface area contributed by atoms with E-state index in [1.54, 1.807) is 7.11 Å². The molecule has 4 rings (SSSR count). The molecule has 4 nitrogen and oxygen atoms in total. The minimum atomic E-state index is -0.972. The van der Waals surface area contributed by atoms with Gasteiger partial charge in [-0.3, -0.25) is 0 Å².